The van der Waals surface area contributed by atoms with Crippen LogP contribution in [0.1, 0.15) is 27.9 Å². The standard InChI is InChI=1S/C22H22N4O/c1-25(16-17-8-3-2-4-9-17)21(27)19-14-23-22(24-15-19)26-13-7-11-18-10-5-6-12-20(18)26/h2-6,8-10,12,14-15H,7,11,13,16H2,1H3. The zero-order valence-corrected chi connectivity index (χ0v) is 15.4. The Bertz CT molecular complexity index is 925. The van der Waals surface area contributed by atoms with Crippen LogP contribution < -0.4 is 4.90 Å². The molecule has 0 saturated heterocycles. The molecule has 0 radical (unpaired) electrons. The maximum Gasteiger partial charge on any atom is 0.257 e. The van der Waals surface area contributed by atoms with Crippen LogP contribution in [0.4, 0.5) is 11.6 Å². The molecule has 4 rings (SSSR count). The third-order valence-corrected chi connectivity index (χ3v) is 4.85. The molecule has 3 aromatic rings. The first-order valence-corrected chi connectivity index (χ1v) is 9.19. The second-order valence-electron chi connectivity index (χ2n) is 6.80. The van der Waals surface area contributed by atoms with Gasteiger partial charge in [0.25, 0.3) is 5.91 Å². The zero-order valence-electron chi connectivity index (χ0n) is 15.4. The van der Waals surface area contributed by atoms with Crippen LogP contribution in [-0.2, 0) is 13.0 Å². The van der Waals surface area contributed by atoms with Crippen LogP contribution in [0.2, 0.25) is 0 Å². The number of nitrogens with zero attached hydrogens (tertiary/aromatic N) is 4. The Kier molecular flexibility index (Phi) is 4.83. The van der Waals surface area contributed by atoms with Crippen LogP contribution in [-0.4, -0.2) is 34.4 Å². The van der Waals surface area contributed by atoms with Crippen molar-refractivity contribution in [1.82, 2.24) is 14.9 Å². The molecule has 27 heavy (non-hydrogen) atoms. The number of carbonyl (C=O) groups excluding carboxylic acids is 1. The summed E-state index contributed by atoms with van der Waals surface area (Å²) in [6, 6.07) is 18.3. The molecule has 1 aromatic heterocycles. The van der Waals surface area contributed by atoms with Crippen molar-refractivity contribution in [2.45, 2.75) is 19.4 Å². The zero-order chi connectivity index (χ0) is 18.6. The van der Waals surface area contributed by atoms with Gasteiger partial charge in [0.2, 0.25) is 5.95 Å². The lowest BCUT2D eigenvalue weighted by molar-refractivity contribution is 0.0784. The minimum atomic E-state index is -0.0792. The molecule has 1 amide bonds. The Morgan fingerprint density at radius 2 is 1.74 bits per heavy atom. The predicted molar refractivity (Wildman–Crippen MR) is 106 cm³/mol. The first-order valence-electron chi connectivity index (χ1n) is 9.19. The second-order valence-corrected chi connectivity index (χ2v) is 6.80. The van der Waals surface area contributed by atoms with Gasteiger partial charge in [-0.05, 0) is 30.0 Å². The van der Waals surface area contributed by atoms with Gasteiger partial charge in [0.05, 0.1) is 5.56 Å². The molecule has 0 bridgehead atoms. The van der Waals surface area contributed by atoms with Crippen molar-refractivity contribution in [2.24, 2.45) is 0 Å². The number of carbonyl (C=O) groups is 1. The maximum atomic E-state index is 12.7. The molecule has 136 valence electrons. The highest BCUT2D eigenvalue weighted by molar-refractivity contribution is 5.93. The van der Waals surface area contributed by atoms with Crippen LogP contribution >= 0.6 is 0 Å². The molecule has 1 aliphatic heterocycles. The minimum Gasteiger partial charge on any atom is -0.337 e. The van der Waals surface area contributed by atoms with E-state index in [1.165, 1.54) is 5.56 Å². The summed E-state index contributed by atoms with van der Waals surface area (Å²) in [5, 5.41) is 0. The van der Waals surface area contributed by atoms with Crippen LogP contribution in [0.15, 0.2) is 67.0 Å². The average Bonchev–Trinajstić information content (AvgIpc) is 2.73. The van der Waals surface area contributed by atoms with E-state index in [0.717, 1.165) is 30.6 Å². The minimum absolute atomic E-state index is 0.0792. The Morgan fingerprint density at radius 1 is 1.04 bits per heavy atom. The van der Waals surface area contributed by atoms with Gasteiger partial charge >= 0.3 is 0 Å². The molecule has 0 fully saturated rings. The van der Waals surface area contributed by atoms with E-state index in [0.29, 0.717) is 18.1 Å². The number of benzene rings is 2. The summed E-state index contributed by atoms with van der Waals surface area (Å²) in [5.41, 5.74) is 4.07. The molecule has 0 spiro atoms. The number of para-hydroxylation sites is 1. The molecular weight excluding hydrogens is 336 g/mol. The van der Waals surface area contributed by atoms with Crippen molar-refractivity contribution in [3.8, 4) is 0 Å². The number of aromatic nitrogens is 2. The van der Waals surface area contributed by atoms with Gasteiger partial charge in [0, 0.05) is 38.2 Å². The summed E-state index contributed by atoms with van der Waals surface area (Å²) in [4.78, 5) is 25.4. The number of hydrogen-bond donors (Lipinski definition) is 0. The molecule has 0 aliphatic carbocycles. The number of anilines is 2. The van der Waals surface area contributed by atoms with Crippen molar-refractivity contribution >= 4 is 17.5 Å². The lowest BCUT2D eigenvalue weighted by Crippen LogP contribution is -2.28. The predicted octanol–water partition coefficient (Wildman–Crippen LogP) is 3.83. The third kappa shape index (κ3) is 3.67. The van der Waals surface area contributed by atoms with Crippen molar-refractivity contribution < 1.29 is 4.79 Å². The molecule has 5 nitrogen and oxygen atoms in total. The molecule has 0 saturated carbocycles. The van der Waals surface area contributed by atoms with Crippen LogP contribution in [0.5, 0.6) is 0 Å². The number of rotatable bonds is 4. The fourth-order valence-electron chi connectivity index (χ4n) is 3.46. The van der Waals surface area contributed by atoms with Gasteiger partial charge in [-0.1, -0.05) is 48.5 Å². The lowest BCUT2D eigenvalue weighted by atomic mass is 10.0. The highest BCUT2D eigenvalue weighted by atomic mass is 16.2. The maximum absolute atomic E-state index is 12.7. The molecule has 0 N–H and O–H groups in total. The summed E-state index contributed by atoms with van der Waals surface area (Å²) in [6.07, 6.45) is 5.40. The highest BCUT2D eigenvalue weighted by Crippen LogP contribution is 2.31. The molecule has 0 unspecified atom stereocenters. The molecule has 2 heterocycles. The van der Waals surface area contributed by atoms with Crippen molar-refractivity contribution in [2.75, 3.05) is 18.5 Å². The van der Waals surface area contributed by atoms with Gasteiger partial charge in [0.1, 0.15) is 0 Å². The van der Waals surface area contributed by atoms with E-state index in [2.05, 4.69) is 33.1 Å². The van der Waals surface area contributed by atoms with Gasteiger partial charge in [-0.3, -0.25) is 4.79 Å². The molecule has 0 atom stereocenters. The smallest absolute Gasteiger partial charge is 0.257 e. The van der Waals surface area contributed by atoms with Gasteiger partial charge in [-0.25, -0.2) is 9.97 Å². The van der Waals surface area contributed by atoms with Crippen molar-refractivity contribution in [3.05, 3.63) is 83.7 Å². The Labute approximate surface area is 159 Å². The van der Waals surface area contributed by atoms with Gasteiger partial charge in [-0.15, -0.1) is 0 Å². The highest BCUT2D eigenvalue weighted by Gasteiger charge is 2.20. The summed E-state index contributed by atoms with van der Waals surface area (Å²) in [7, 11) is 1.80. The first-order chi connectivity index (χ1) is 13.2. The van der Waals surface area contributed by atoms with Crippen molar-refractivity contribution in [3.63, 3.8) is 0 Å². The first kappa shape index (κ1) is 17.2. The fourth-order valence-corrected chi connectivity index (χ4v) is 3.46. The summed E-state index contributed by atoms with van der Waals surface area (Å²) < 4.78 is 0. The second kappa shape index (κ2) is 7.58. The van der Waals surface area contributed by atoms with Crippen LogP contribution in [0.3, 0.4) is 0 Å². The number of aryl methyl sites for hydroxylation is 1. The molecule has 2 aromatic carbocycles. The van der Waals surface area contributed by atoms with Gasteiger partial charge in [-0.2, -0.15) is 0 Å². The Hall–Kier alpha value is -3.21. The summed E-state index contributed by atoms with van der Waals surface area (Å²) in [5.74, 6) is 0.564. The van der Waals surface area contributed by atoms with E-state index in [4.69, 9.17) is 0 Å². The molecule has 5 heteroatoms. The van der Waals surface area contributed by atoms with Gasteiger partial charge < -0.3 is 9.80 Å². The summed E-state index contributed by atoms with van der Waals surface area (Å²) >= 11 is 0. The van der Waals surface area contributed by atoms with E-state index in [-0.39, 0.29) is 5.91 Å². The Balaban J connectivity index is 1.50. The van der Waals surface area contributed by atoms with E-state index >= 15 is 0 Å². The normalized spacial score (nSPS) is 13.1. The topological polar surface area (TPSA) is 49.3 Å². The van der Waals surface area contributed by atoms with E-state index in [1.54, 1.807) is 24.3 Å². The lowest BCUT2D eigenvalue weighted by Gasteiger charge is -2.29. The van der Waals surface area contributed by atoms with Crippen LogP contribution in [0.25, 0.3) is 0 Å². The third-order valence-electron chi connectivity index (χ3n) is 4.85. The quantitative estimate of drug-likeness (QED) is 0.711. The Morgan fingerprint density at radius 3 is 2.52 bits per heavy atom. The monoisotopic (exact) mass is 358 g/mol. The molecule has 1 aliphatic rings. The summed E-state index contributed by atoms with van der Waals surface area (Å²) in [6.45, 7) is 1.44. The SMILES string of the molecule is CN(Cc1ccccc1)C(=O)c1cnc(N2CCCc3ccccc32)nc1. The fraction of sp³-hybridized carbons (Fsp3) is 0.227. The number of amides is 1. The molecular formula is C22H22N4O. The van der Waals surface area contributed by atoms with Crippen LogP contribution in [0, 0.1) is 0 Å². The average molecular weight is 358 g/mol. The van der Waals surface area contributed by atoms with Gasteiger partial charge in [0.15, 0.2) is 0 Å². The van der Waals surface area contributed by atoms with Crippen molar-refractivity contribution in [1.29, 1.82) is 0 Å². The van der Waals surface area contributed by atoms with E-state index in [1.807, 2.05) is 36.4 Å². The van der Waals surface area contributed by atoms with E-state index in [9.17, 15) is 4.79 Å². The number of hydrogen-bond acceptors (Lipinski definition) is 4. The number of fused-ring (bicyclic) bond motifs is 1. The largest absolute Gasteiger partial charge is 0.337 e. The van der Waals surface area contributed by atoms with E-state index < -0.39 is 0 Å².